The van der Waals surface area contributed by atoms with Crippen LogP contribution in [-0.4, -0.2) is 20.2 Å². The van der Waals surface area contributed by atoms with Gasteiger partial charge in [0.15, 0.2) is 0 Å². The highest BCUT2D eigenvalue weighted by atomic mass is 16.3. The maximum absolute atomic E-state index is 9.31. The number of benzene rings is 2. The molecule has 0 aliphatic rings. The van der Waals surface area contributed by atoms with Crippen molar-refractivity contribution in [2.75, 3.05) is 10.6 Å². The largest absolute Gasteiger partial charge is 0.508 e. The quantitative estimate of drug-likeness (QED) is 0.550. The fraction of sp³-hybridized carbons (Fsp3) is 0.0588. The van der Waals surface area contributed by atoms with Crippen LogP contribution in [0.3, 0.4) is 0 Å². The lowest BCUT2D eigenvalue weighted by Crippen LogP contribution is -2.02. The van der Waals surface area contributed by atoms with E-state index in [0.717, 1.165) is 17.1 Å². The summed E-state index contributed by atoms with van der Waals surface area (Å²) in [5.74, 6) is 1.51. The molecule has 6 heteroatoms. The smallest absolute Gasteiger partial charge is 0.229 e. The molecule has 2 aromatic carbocycles. The molecule has 3 aromatic rings. The number of rotatable bonds is 4. The van der Waals surface area contributed by atoms with Gasteiger partial charge >= 0.3 is 0 Å². The average molecular weight is 308 g/mol. The number of phenolic OH excluding ortho intramolecular Hbond substituents is 2. The number of hydrogen-bond acceptors (Lipinski definition) is 6. The zero-order chi connectivity index (χ0) is 16.2. The Morgan fingerprint density at radius 1 is 0.739 bits per heavy atom. The first-order chi connectivity index (χ1) is 11.1. The summed E-state index contributed by atoms with van der Waals surface area (Å²) in [6.45, 7) is 1.88. The van der Waals surface area contributed by atoms with Gasteiger partial charge in [-0.15, -0.1) is 0 Å². The average Bonchev–Trinajstić information content (AvgIpc) is 2.51. The minimum Gasteiger partial charge on any atom is -0.508 e. The van der Waals surface area contributed by atoms with E-state index < -0.39 is 0 Å². The lowest BCUT2D eigenvalue weighted by Gasteiger charge is -2.10. The Labute approximate surface area is 133 Å². The molecule has 0 amide bonds. The first kappa shape index (κ1) is 14.6. The van der Waals surface area contributed by atoms with Gasteiger partial charge in [-0.25, -0.2) is 4.98 Å². The minimum atomic E-state index is 0.204. The van der Waals surface area contributed by atoms with Gasteiger partial charge in [-0.05, 0) is 55.5 Å². The van der Waals surface area contributed by atoms with E-state index >= 15 is 0 Å². The third-order valence-corrected chi connectivity index (χ3v) is 3.12. The van der Waals surface area contributed by atoms with E-state index in [0.29, 0.717) is 11.8 Å². The summed E-state index contributed by atoms with van der Waals surface area (Å²) in [6.07, 6.45) is 0. The molecule has 3 rings (SSSR count). The Balaban J connectivity index is 1.81. The van der Waals surface area contributed by atoms with Crippen LogP contribution in [-0.2, 0) is 0 Å². The van der Waals surface area contributed by atoms with Crippen molar-refractivity contribution in [3.05, 3.63) is 60.3 Å². The molecule has 23 heavy (non-hydrogen) atoms. The lowest BCUT2D eigenvalue weighted by atomic mass is 10.3. The summed E-state index contributed by atoms with van der Waals surface area (Å²) in [7, 11) is 0. The summed E-state index contributed by atoms with van der Waals surface area (Å²) < 4.78 is 0. The number of nitrogens with one attached hydrogen (secondary N) is 2. The molecule has 0 aliphatic heterocycles. The van der Waals surface area contributed by atoms with Crippen molar-refractivity contribution in [3.8, 4) is 11.5 Å². The molecule has 116 valence electrons. The molecule has 4 N–H and O–H groups in total. The topological polar surface area (TPSA) is 90.3 Å². The SMILES string of the molecule is Cc1cc(Nc2ccc(O)cc2)nc(Nc2ccc(O)cc2)n1. The molecule has 0 fully saturated rings. The third kappa shape index (κ3) is 3.88. The number of aromatic nitrogens is 2. The van der Waals surface area contributed by atoms with Crippen LogP contribution >= 0.6 is 0 Å². The van der Waals surface area contributed by atoms with Crippen molar-refractivity contribution in [1.29, 1.82) is 0 Å². The van der Waals surface area contributed by atoms with Crippen molar-refractivity contribution < 1.29 is 10.2 Å². The highest BCUT2D eigenvalue weighted by molar-refractivity contribution is 5.61. The number of aryl methyl sites for hydroxylation is 1. The zero-order valence-electron chi connectivity index (χ0n) is 12.5. The van der Waals surface area contributed by atoms with E-state index in [1.54, 1.807) is 48.5 Å². The summed E-state index contributed by atoms with van der Waals surface area (Å²) >= 11 is 0. The third-order valence-electron chi connectivity index (χ3n) is 3.12. The van der Waals surface area contributed by atoms with E-state index in [9.17, 15) is 10.2 Å². The molecular formula is C17H16N4O2. The van der Waals surface area contributed by atoms with Crippen LogP contribution < -0.4 is 10.6 Å². The molecule has 1 aromatic heterocycles. The van der Waals surface area contributed by atoms with Crippen LogP contribution in [0.25, 0.3) is 0 Å². The second-order valence-electron chi connectivity index (χ2n) is 5.06. The molecule has 0 aliphatic carbocycles. The van der Waals surface area contributed by atoms with Crippen LogP contribution in [0, 0.1) is 6.92 Å². The van der Waals surface area contributed by atoms with Crippen LogP contribution in [0.2, 0.25) is 0 Å². The van der Waals surface area contributed by atoms with E-state index in [2.05, 4.69) is 20.6 Å². The summed E-state index contributed by atoms with van der Waals surface area (Å²) in [5.41, 5.74) is 2.41. The molecule has 1 heterocycles. The van der Waals surface area contributed by atoms with Crippen molar-refractivity contribution in [1.82, 2.24) is 9.97 Å². The van der Waals surface area contributed by atoms with Crippen LogP contribution in [0.1, 0.15) is 5.69 Å². The monoisotopic (exact) mass is 308 g/mol. The highest BCUT2D eigenvalue weighted by Gasteiger charge is 2.04. The summed E-state index contributed by atoms with van der Waals surface area (Å²) in [4.78, 5) is 8.75. The molecule has 0 saturated heterocycles. The molecule has 0 bridgehead atoms. The Morgan fingerprint density at radius 2 is 1.26 bits per heavy atom. The first-order valence-electron chi connectivity index (χ1n) is 7.06. The maximum Gasteiger partial charge on any atom is 0.229 e. The molecule has 0 spiro atoms. The summed E-state index contributed by atoms with van der Waals surface area (Å²) in [6, 6.07) is 15.2. The number of phenols is 2. The highest BCUT2D eigenvalue weighted by Crippen LogP contribution is 2.21. The molecule has 0 saturated carbocycles. The second-order valence-corrected chi connectivity index (χ2v) is 5.06. The van der Waals surface area contributed by atoms with Crippen LogP contribution in [0.4, 0.5) is 23.1 Å². The van der Waals surface area contributed by atoms with Gasteiger partial charge in [-0.1, -0.05) is 0 Å². The van der Waals surface area contributed by atoms with E-state index in [4.69, 9.17) is 0 Å². The first-order valence-corrected chi connectivity index (χ1v) is 7.06. The van der Waals surface area contributed by atoms with Crippen molar-refractivity contribution in [2.24, 2.45) is 0 Å². The van der Waals surface area contributed by atoms with Gasteiger partial charge in [0.1, 0.15) is 17.3 Å². The van der Waals surface area contributed by atoms with Crippen molar-refractivity contribution in [3.63, 3.8) is 0 Å². The Hall–Kier alpha value is -3.28. The molecular weight excluding hydrogens is 292 g/mol. The van der Waals surface area contributed by atoms with E-state index in [1.807, 2.05) is 13.0 Å². The van der Waals surface area contributed by atoms with E-state index in [1.165, 1.54) is 0 Å². The maximum atomic E-state index is 9.31. The van der Waals surface area contributed by atoms with Gasteiger partial charge in [-0.2, -0.15) is 4.98 Å². The fourth-order valence-corrected chi connectivity index (χ4v) is 2.05. The van der Waals surface area contributed by atoms with Crippen LogP contribution in [0.5, 0.6) is 11.5 Å². The van der Waals surface area contributed by atoms with E-state index in [-0.39, 0.29) is 11.5 Å². The van der Waals surface area contributed by atoms with Crippen LogP contribution in [0.15, 0.2) is 54.6 Å². The van der Waals surface area contributed by atoms with Gasteiger partial charge in [-0.3, -0.25) is 0 Å². The molecule has 0 atom stereocenters. The fourth-order valence-electron chi connectivity index (χ4n) is 2.05. The minimum absolute atomic E-state index is 0.204. The molecule has 6 nitrogen and oxygen atoms in total. The Morgan fingerprint density at radius 3 is 1.83 bits per heavy atom. The Kier molecular flexibility index (Phi) is 3.97. The number of nitrogens with zero attached hydrogens (tertiary/aromatic N) is 2. The second kappa shape index (κ2) is 6.23. The predicted octanol–water partition coefficient (Wildman–Crippen LogP) is 3.68. The zero-order valence-corrected chi connectivity index (χ0v) is 12.5. The molecule has 0 unspecified atom stereocenters. The van der Waals surface area contributed by atoms with Crippen molar-refractivity contribution in [2.45, 2.75) is 6.92 Å². The number of aromatic hydroxyl groups is 2. The van der Waals surface area contributed by atoms with Gasteiger partial charge in [0.2, 0.25) is 5.95 Å². The lowest BCUT2D eigenvalue weighted by molar-refractivity contribution is 0.475. The predicted molar refractivity (Wildman–Crippen MR) is 89.5 cm³/mol. The van der Waals surface area contributed by atoms with Gasteiger partial charge in [0.05, 0.1) is 0 Å². The molecule has 0 radical (unpaired) electrons. The summed E-state index contributed by atoms with van der Waals surface area (Å²) in [5, 5.41) is 24.9. The number of anilines is 4. The Bertz CT molecular complexity index is 736. The van der Waals surface area contributed by atoms with Gasteiger partial charge in [0, 0.05) is 23.1 Å². The normalized spacial score (nSPS) is 10.3. The number of hydrogen-bond donors (Lipinski definition) is 4. The van der Waals surface area contributed by atoms with Gasteiger partial charge in [0.25, 0.3) is 0 Å². The van der Waals surface area contributed by atoms with Gasteiger partial charge < -0.3 is 20.8 Å². The standard InChI is InChI=1S/C17H16N4O2/c1-11-10-16(19-12-2-6-14(22)7-3-12)21-17(18-11)20-13-4-8-15(23)9-5-13/h2-10,22-23H,1H3,(H2,18,19,20,21). The van der Waals surface area contributed by atoms with Crippen molar-refractivity contribution >= 4 is 23.1 Å².